The predicted molar refractivity (Wildman–Crippen MR) is 80.8 cm³/mol. The molecule has 1 amide bonds. The van der Waals surface area contributed by atoms with Crippen LogP contribution in [0, 0.1) is 0 Å². The molecule has 4 nitrogen and oxygen atoms in total. The van der Waals surface area contributed by atoms with Gasteiger partial charge in [-0.1, -0.05) is 36.3 Å². The number of carbonyl (C=O) groups excluding carboxylic acids is 1. The zero-order chi connectivity index (χ0) is 14.0. The van der Waals surface area contributed by atoms with Crippen molar-refractivity contribution < 1.29 is 4.79 Å². The molecule has 0 aliphatic carbocycles. The Labute approximate surface area is 121 Å². The van der Waals surface area contributed by atoms with Gasteiger partial charge in [0.2, 0.25) is 5.91 Å². The first-order valence-electron chi connectivity index (χ1n) is 6.09. The van der Waals surface area contributed by atoms with E-state index in [-0.39, 0.29) is 5.91 Å². The Morgan fingerprint density at radius 3 is 3.00 bits per heavy atom. The quantitative estimate of drug-likeness (QED) is 0.909. The summed E-state index contributed by atoms with van der Waals surface area (Å²) in [6.45, 7) is 3.73. The minimum Gasteiger partial charge on any atom is -0.318 e. The van der Waals surface area contributed by atoms with Crippen LogP contribution in [0.3, 0.4) is 0 Å². The maximum absolute atomic E-state index is 12.1. The largest absolute Gasteiger partial charge is 0.318 e. The number of aromatic nitrogens is 1. The second-order valence-electron chi connectivity index (χ2n) is 4.75. The van der Waals surface area contributed by atoms with Crippen molar-refractivity contribution in [2.45, 2.75) is 32.2 Å². The van der Waals surface area contributed by atoms with Gasteiger partial charge < -0.3 is 11.1 Å². The summed E-state index contributed by atoms with van der Waals surface area (Å²) in [6.07, 6.45) is 1.49. The molecule has 1 aromatic heterocycles. The molecule has 6 heteroatoms. The fourth-order valence-corrected chi connectivity index (χ4v) is 2.96. The second kappa shape index (κ2) is 5.45. The zero-order valence-electron chi connectivity index (χ0n) is 10.9. The van der Waals surface area contributed by atoms with E-state index in [1.807, 2.05) is 19.1 Å². The van der Waals surface area contributed by atoms with Gasteiger partial charge in [0, 0.05) is 5.02 Å². The summed E-state index contributed by atoms with van der Waals surface area (Å²) >= 11 is 7.31. The van der Waals surface area contributed by atoms with E-state index in [9.17, 15) is 4.79 Å². The summed E-state index contributed by atoms with van der Waals surface area (Å²) < 4.78 is 0.942. The molecule has 19 heavy (non-hydrogen) atoms. The number of amides is 1. The molecule has 0 aliphatic rings. The first-order chi connectivity index (χ1) is 8.92. The number of fused-ring (bicyclic) bond motifs is 1. The van der Waals surface area contributed by atoms with Crippen LogP contribution in [0.25, 0.3) is 10.2 Å². The topological polar surface area (TPSA) is 68.0 Å². The minimum absolute atomic E-state index is 0.209. The van der Waals surface area contributed by atoms with Crippen LogP contribution in [-0.2, 0) is 4.79 Å². The highest BCUT2D eigenvalue weighted by Crippen LogP contribution is 2.28. The number of halogens is 1. The Kier molecular flexibility index (Phi) is 4.08. The lowest BCUT2D eigenvalue weighted by Crippen LogP contribution is -2.48. The second-order valence-corrected chi connectivity index (χ2v) is 6.22. The third-order valence-corrected chi connectivity index (χ3v) is 4.03. The maximum atomic E-state index is 12.1. The van der Waals surface area contributed by atoms with E-state index in [4.69, 9.17) is 17.3 Å². The van der Waals surface area contributed by atoms with Crippen molar-refractivity contribution in [2.24, 2.45) is 5.73 Å². The molecule has 1 aromatic carbocycles. The summed E-state index contributed by atoms with van der Waals surface area (Å²) in [4.78, 5) is 16.4. The summed E-state index contributed by atoms with van der Waals surface area (Å²) in [6, 6.07) is 5.44. The van der Waals surface area contributed by atoms with Gasteiger partial charge >= 0.3 is 0 Å². The summed E-state index contributed by atoms with van der Waals surface area (Å²) in [5.41, 5.74) is 5.93. The molecule has 0 saturated carbocycles. The van der Waals surface area contributed by atoms with E-state index in [0.29, 0.717) is 16.6 Å². The predicted octanol–water partition coefficient (Wildman–Crippen LogP) is 3.41. The van der Waals surface area contributed by atoms with Crippen molar-refractivity contribution in [1.29, 1.82) is 0 Å². The molecular formula is C13H16ClN3OS. The normalized spacial score (nSPS) is 14.3. The minimum atomic E-state index is -0.871. The summed E-state index contributed by atoms with van der Waals surface area (Å²) in [5, 5.41) is 3.98. The van der Waals surface area contributed by atoms with E-state index >= 15 is 0 Å². The Bertz CT molecular complexity index is 609. The van der Waals surface area contributed by atoms with E-state index in [1.54, 1.807) is 13.0 Å². The first kappa shape index (κ1) is 14.2. The lowest BCUT2D eigenvalue weighted by atomic mass is 9.97. The highest BCUT2D eigenvalue weighted by atomic mass is 35.5. The van der Waals surface area contributed by atoms with Gasteiger partial charge in [-0.25, -0.2) is 4.98 Å². The fourth-order valence-electron chi connectivity index (χ4n) is 1.82. The van der Waals surface area contributed by atoms with Crippen molar-refractivity contribution >= 4 is 44.2 Å². The monoisotopic (exact) mass is 297 g/mol. The van der Waals surface area contributed by atoms with Crippen LogP contribution in [0.1, 0.15) is 26.7 Å². The molecule has 0 aliphatic heterocycles. The molecule has 0 fully saturated rings. The van der Waals surface area contributed by atoms with Gasteiger partial charge in [-0.2, -0.15) is 0 Å². The van der Waals surface area contributed by atoms with E-state index < -0.39 is 5.54 Å². The number of thiazole rings is 1. The molecule has 0 bridgehead atoms. The van der Waals surface area contributed by atoms with Crippen LogP contribution < -0.4 is 11.1 Å². The van der Waals surface area contributed by atoms with Gasteiger partial charge in [0.15, 0.2) is 5.13 Å². The maximum Gasteiger partial charge on any atom is 0.245 e. The molecular weight excluding hydrogens is 282 g/mol. The number of benzene rings is 1. The van der Waals surface area contributed by atoms with Crippen molar-refractivity contribution in [3.63, 3.8) is 0 Å². The summed E-state index contributed by atoms with van der Waals surface area (Å²) in [5.74, 6) is -0.209. The van der Waals surface area contributed by atoms with Crippen LogP contribution in [0.5, 0.6) is 0 Å². The molecule has 0 spiro atoms. The van der Waals surface area contributed by atoms with Gasteiger partial charge in [0.25, 0.3) is 0 Å². The molecule has 1 atom stereocenters. The number of carbonyl (C=O) groups is 1. The molecule has 1 unspecified atom stereocenters. The van der Waals surface area contributed by atoms with Crippen LogP contribution >= 0.6 is 22.9 Å². The SMILES string of the molecule is CCCC(C)(N)C(=O)Nc1nc2ccc(Cl)cc2s1. The molecule has 0 saturated heterocycles. The third kappa shape index (κ3) is 3.23. The van der Waals surface area contributed by atoms with Crippen molar-refractivity contribution in [3.05, 3.63) is 23.2 Å². The molecule has 1 heterocycles. The molecule has 2 aromatic rings. The number of hydrogen-bond acceptors (Lipinski definition) is 4. The van der Waals surface area contributed by atoms with E-state index in [2.05, 4.69) is 10.3 Å². The third-order valence-electron chi connectivity index (χ3n) is 2.86. The lowest BCUT2D eigenvalue weighted by molar-refractivity contribution is -0.120. The Morgan fingerprint density at radius 2 is 2.32 bits per heavy atom. The van der Waals surface area contributed by atoms with E-state index in [0.717, 1.165) is 16.6 Å². The Hall–Kier alpha value is -1.17. The number of hydrogen-bond donors (Lipinski definition) is 2. The first-order valence-corrected chi connectivity index (χ1v) is 7.28. The van der Waals surface area contributed by atoms with E-state index in [1.165, 1.54) is 11.3 Å². The molecule has 2 rings (SSSR count). The van der Waals surface area contributed by atoms with Crippen LogP contribution in [0.2, 0.25) is 5.02 Å². The Balaban J connectivity index is 2.19. The number of rotatable bonds is 4. The van der Waals surface area contributed by atoms with Crippen LogP contribution in [0.15, 0.2) is 18.2 Å². The zero-order valence-corrected chi connectivity index (χ0v) is 12.4. The lowest BCUT2D eigenvalue weighted by Gasteiger charge is -2.21. The average Bonchev–Trinajstić information content (AvgIpc) is 2.70. The van der Waals surface area contributed by atoms with Crippen molar-refractivity contribution in [3.8, 4) is 0 Å². The highest BCUT2D eigenvalue weighted by molar-refractivity contribution is 7.22. The van der Waals surface area contributed by atoms with Gasteiger partial charge in [-0.3, -0.25) is 4.79 Å². The van der Waals surface area contributed by atoms with Gasteiger partial charge in [0.1, 0.15) is 0 Å². The standard InChI is InChI=1S/C13H16ClN3OS/c1-3-6-13(2,15)11(18)17-12-16-9-5-4-8(14)7-10(9)19-12/h4-5,7H,3,6,15H2,1-2H3,(H,16,17,18). The molecule has 3 N–H and O–H groups in total. The van der Waals surface area contributed by atoms with Crippen LogP contribution in [0.4, 0.5) is 5.13 Å². The number of anilines is 1. The Morgan fingerprint density at radius 1 is 1.58 bits per heavy atom. The van der Waals surface area contributed by atoms with Gasteiger partial charge in [-0.15, -0.1) is 0 Å². The van der Waals surface area contributed by atoms with Crippen molar-refractivity contribution in [2.75, 3.05) is 5.32 Å². The van der Waals surface area contributed by atoms with Gasteiger partial charge in [0.05, 0.1) is 15.8 Å². The fraction of sp³-hybridized carbons (Fsp3) is 0.385. The number of nitrogens with zero attached hydrogens (tertiary/aromatic N) is 1. The summed E-state index contributed by atoms with van der Waals surface area (Å²) in [7, 11) is 0. The molecule has 0 radical (unpaired) electrons. The highest BCUT2D eigenvalue weighted by Gasteiger charge is 2.27. The van der Waals surface area contributed by atoms with Crippen LogP contribution in [-0.4, -0.2) is 16.4 Å². The smallest absolute Gasteiger partial charge is 0.245 e. The molecule has 102 valence electrons. The number of nitrogens with two attached hydrogens (primary N) is 1. The van der Waals surface area contributed by atoms with Gasteiger partial charge in [-0.05, 0) is 31.5 Å². The number of nitrogens with one attached hydrogen (secondary N) is 1. The van der Waals surface area contributed by atoms with Crippen molar-refractivity contribution in [1.82, 2.24) is 4.98 Å². The average molecular weight is 298 g/mol.